The lowest BCUT2D eigenvalue weighted by molar-refractivity contribution is 0.346. The molecule has 0 aliphatic carbocycles. The van der Waals surface area contributed by atoms with Crippen molar-refractivity contribution >= 4 is 20.0 Å². The van der Waals surface area contributed by atoms with Gasteiger partial charge in [-0.15, -0.1) is 0 Å². The molecule has 1 N–H and O–H groups in total. The van der Waals surface area contributed by atoms with Crippen molar-refractivity contribution < 1.29 is 16.8 Å². The van der Waals surface area contributed by atoms with Crippen LogP contribution in [0.4, 0.5) is 0 Å². The van der Waals surface area contributed by atoms with Crippen molar-refractivity contribution in [2.45, 2.75) is 35.5 Å². The number of hydrogen-bond acceptors (Lipinski definition) is 5. The molecule has 7 nitrogen and oxygen atoms in total. The summed E-state index contributed by atoms with van der Waals surface area (Å²) in [5.41, 5.74) is 0. The zero-order valence-corrected chi connectivity index (χ0v) is 15.9. The Balaban J connectivity index is 1.90. The average molecular weight is 388 g/mol. The van der Waals surface area contributed by atoms with E-state index < -0.39 is 20.0 Å². The van der Waals surface area contributed by atoms with Gasteiger partial charge in [-0.3, -0.25) is 0 Å². The number of nitrogens with zero attached hydrogens (tertiary/aromatic N) is 2. The highest BCUT2D eigenvalue weighted by molar-refractivity contribution is 7.90. The lowest BCUT2D eigenvalue weighted by Crippen LogP contribution is -2.36. The van der Waals surface area contributed by atoms with E-state index in [4.69, 9.17) is 0 Å². The first kappa shape index (κ1) is 18.8. The Bertz CT molecular complexity index is 794. The maximum Gasteiger partial charge on any atom is 0.243 e. The Kier molecular flexibility index (Phi) is 5.79. The summed E-state index contributed by atoms with van der Waals surface area (Å²) >= 11 is 0. The topological polar surface area (TPSA) is 86.8 Å². The molecule has 0 unspecified atom stereocenters. The second-order valence-electron chi connectivity index (χ2n) is 6.45. The normalized spacial score (nSPS) is 21.8. The molecule has 0 aromatic heterocycles. The molecule has 0 spiro atoms. The summed E-state index contributed by atoms with van der Waals surface area (Å²) in [5, 5.41) is 3.17. The van der Waals surface area contributed by atoms with E-state index in [1.807, 2.05) is 0 Å². The number of hydrogen-bond donors (Lipinski definition) is 1. The minimum Gasteiger partial charge on any atom is -0.315 e. The molecule has 2 fully saturated rings. The number of rotatable bonds is 4. The van der Waals surface area contributed by atoms with Gasteiger partial charge in [-0.1, -0.05) is 12.5 Å². The van der Waals surface area contributed by atoms with Crippen LogP contribution >= 0.6 is 0 Å². The molecule has 2 heterocycles. The zero-order chi connectivity index (χ0) is 17.9. The lowest BCUT2D eigenvalue weighted by atomic mass is 10.2. The molecule has 25 heavy (non-hydrogen) atoms. The van der Waals surface area contributed by atoms with Crippen LogP contribution in [0.15, 0.2) is 34.1 Å². The van der Waals surface area contributed by atoms with E-state index in [1.165, 1.54) is 32.9 Å². The van der Waals surface area contributed by atoms with Crippen LogP contribution in [-0.2, 0) is 20.0 Å². The minimum atomic E-state index is -3.69. The summed E-state index contributed by atoms with van der Waals surface area (Å²) in [6, 6.07) is 5.77. The molecule has 0 amide bonds. The van der Waals surface area contributed by atoms with Crippen molar-refractivity contribution in [1.29, 1.82) is 0 Å². The van der Waals surface area contributed by atoms with Crippen molar-refractivity contribution in [3.63, 3.8) is 0 Å². The van der Waals surface area contributed by atoms with Gasteiger partial charge in [0.05, 0.1) is 9.79 Å². The number of benzene rings is 1. The van der Waals surface area contributed by atoms with Crippen molar-refractivity contribution in [3.8, 4) is 0 Å². The van der Waals surface area contributed by atoms with E-state index in [0.29, 0.717) is 32.7 Å². The quantitative estimate of drug-likeness (QED) is 0.827. The average Bonchev–Trinajstić information content (AvgIpc) is 2.92. The van der Waals surface area contributed by atoms with E-state index >= 15 is 0 Å². The smallest absolute Gasteiger partial charge is 0.243 e. The largest absolute Gasteiger partial charge is 0.315 e. The van der Waals surface area contributed by atoms with Gasteiger partial charge in [-0.05, 0) is 44.0 Å². The third-order valence-corrected chi connectivity index (χ3v) is 8.48. The maximum absolute atomic E-state index is 12.9. The number of piperidine rings is 1. The van der Waals surface area contributed by atoms with Crippen LogP contribution in [0.2, 0.25) is 0 Å². The molecule has 2 aliphatic rings. The Hall–Kier alpha value is -1.00. The van der Waals surface area contributed by atoms with Crippen molar-refractivity contribution in [2.75, 3.05) is 39.3 Å². The first-order valence-electron chi connectivity index (χ1n) is 8.73. The van der Waals surface area contributed by atoms with Crippen LogP contribution in [-0.4, -0.2) is 64.7 Å². The van der Waals surface area contributed by atoms with Crippen LogP contribution < -0.4 is 5.32 Å². The monoisotopic (exact) mass is 387 g/mol. The molecule has 2 saturated heterocycles. The summed E-state index contributed by atoms with van der Waals surface area (Å²) in [6.07, 6.45) is 3.46. The van der Waals surface area contributed by atoms with Gasteiger partial charge in [0.1, 0.15) is 0 Å². The third-order valence-electron chi connectivity index (χ3n) is 4.70. The lowest BCUT2D eigenvalue weighted by Gasteiger charge is -2.26. The highest BCUT2D eigenvalue weighted by Gasteiger charge is 2.29. The summed E-state index contributed by atoms with van der Waals surface area (Å²) in [5.74, 6) is 0. The first-order chi connectivity index (χ1) is 11.9. The standard InChI is InChI=1S/C16H25N3O4S2/c20-24(21,18-10-2-1-3-11-18)15-6-4-7-16(14-15)25(22,23)19-12-5-8-17-9-13-19/h4,6-7,14,17H,1-3,5,8-13H2. The van der Waals surface area contributed by atoms with Gasteiger partial charge < -0.3 is 5.32 Å². The minimum absolute atomic E-state index is 0.0486. The number of sulfonamides is 2. The highest BCUT2D eigenvalue weighted by atomic mass is 32.2. The van der Waals surface area contributed by atoms with Gasteiger partial charge >= 0.3 is 0 Å². The van der Waals surface area contributed by atoms with Gasteiger partial charge in [0.25, 0.3) is 0 Å². The summed E-state index contributed by atoms with van der Waals surface area (Å²) in [4.78, 5) is 0.107. The van der Waals surface area contributed by atoms with Crippen molar-refractivity contribution in [1.82, 2.24) is 13.9 Å². The molecule has 1 aromatic rings. The van der Waals surface area contributed by atoms with Gasteiger partial charge in [0.2, 0.25) is 20.0 Å². The Morgan fingerprint density at radius 2 is 1.28 bits per heavy atom. The van der Waals surface area contributed by atoms with Crippen LogP contribution in [0.1, 0.15) is 25.7 Å². The Morgan fingerprint density at radius 1 is 0.720 bits per heavy atom. The first-order valence-corrected chi connectivity index (χ1v) is 11.6. The number of nitrogens with one attached hydrogen (secondary N) is 1. The second-order valence-corrected chi connectivity index (χ2v) is 10.3. The van der Waals surface area contributed by atoms with E-state index in [0.717, 1.165) is 32.2 Å². The van der Waals surface area contributed by atoms with E-state index in [-0.39, 0.29) is 9.79 Å². The zero-order valence-electron chi connectivity index (χ0n) is 14.2. The SMILES string of the molecule is O=S(=O)(c1cccc(S(=O)(=O)N2CCCNCC2)c1)N1CCCCC1. The Morgan fingerprint density at radius 3 is 1.92 bits per heavy atom. The van der Waals surface area contributed by atoms with Crippen LogP contribution in [0.5, 0.6) is 0 Å². The molecule has 0 atom stereocenters. The van der Waals surface area contributed by atoms with Crippen molar-refractivity contribution in [2.24, 2.45) is 0 Å². The molecule has 0 bridgehead atoms. The maximum atomic E-state index is 12.9. The molecule has 0 saturated carbocycles. The fourth-order valence-electron chi connectivity index (χ4n) is 3.26. The van der Waals surface area contributed by atoms with Gasteiger partial charge in [0.15, 0.2) is 0 Å². The molecule has 3 rings (SSSR count). The van der Waals surface area contributed by atoms with Crippen LogP contribution in [0, 0.1) is 0 Å². The molecule has 1 aromatic carbocycles. The van der Waals surface area contributed by atoms with E-state index in [9.17, 15) is 16.8 Å². The molecule has 0 radical (unpaired) electrons. The fourth-order valence-corrected chi connectivity index (χ4v) is 6.42. The van der Waals surface area contributed by atoms with Crippen LogP contribution in [0.25, 0.3) is 0 Å². The summed E-state index contributed by atoms with van der Waals surface area (Å²) in [6.45, 7) is 3.22. The van der Waals surface area contributed by atoms with E-state index in [1.54, 1.807) is 0 Å². The van der Waals surface area contributed by atoms with Gasteiger partial charge in [0, 0.05) is 32.7 Å². The molecular formula is C16H25N3O4S2. The molecular weight excluding hydrogens is 362 g/mol. The fraction of sp³-hybridized carbons (Fsp3) is 0.625. The second kappa shape index (κ2) is 7.71. The predicted molar refractivity (Wildman–Crippen MR) is 95.3 cm³/mol. The highest BCUT2D eigenvalue weighted by Crippen LogP contribution is 2.24. The summed E-state index contributed by atoms with van der Waals surface area (Å²) in [7, 11) is -7.33. The van der Waals surface area contributed by atoms with E-state index in [2.05, 4.69) is 5.32 Å². The van der Waals surface area contributed by atoms with Gasteiger partial charge in [-0.2, -0.15) is 8.61 Å². The third kappa shape index (κ3) is 4.06. The molecule has 9 heteroatoms. The van der Waals surface area contributed by atoms with Crippen molar-refractivity contribution in [3.05, 3.63) is 24.3 Å². The predicted octanol–water partition coefficient (Wildman–Crippen LogP) is 0.845. The van der Waals surface area contributed by atoms with Gasteiger partial charge in [-0.25, -0.2) is 16.8 Å². The molecule has 2 aliphatic heterocycles. The Labute approximate surface area is 150 Å². The summed E-state index contributed by atoms with van der Waals surface area (Å²) < 4.78 is 54.3. The molecule has 140 valence electrons. The van der Waals surface area contributed by atoms with Crippen LogP contribution in [0.3, 0.4) is 0 Å².